The van der Waals surface area contributed by atoms with Crippen LogP contribution in [0.5, 0.6) is 5.75 Å². The fourth-order valence-corrected chi connectivity index (χ4v) is 2.99. The molecule has 1 heterocycles. The Bertz CT molecular complexity index is 902. The van der Waals surface area contributed by atoms with Gasteiger partial charge in [-0.15, -0.1) is 0 Å². The van der Waals surface area contributed by atoms with Gasteiger partial charge in [0.2, 0.25) is 0 Å². The topological polar surface area (TPSA) is 90.9 Å². The maximum Gasteiger partial charge on any atom is 0.338 e. The van der Waals surface area contributed by atoms with E-state index in [4.69, 9.17) is 14.2 Å². The molecule has 7 heteroatoms. The minimum atomic E-state index is -1.01. The monoisotopic (exact) mass is 411 g/mol. The van der Waals surface area contributed by atoms with Crippen LogP contribution < -0.4 is 10.1 Å². The lowest BCUT2D eigenvalue weighted by atomic mass is 10.1. The van der Waals surface area contributed by atoms with E-state index in [0.29, 0.717) is 29.2 Å². The Morgan fingerprint density at radius 2 is 1.90 bits per heavy atom. The summed E-state index contributed by atoms with van der Waals surface area (Å²) < 4.78 is 16.4. The molecule has 7 nitrogen and oxygen atoms in total. The lowest BCUT2D eigenvalue weighted by Gasteiger charge is -2.14. The molecule has 30 heavy (non-hydrogen) atoms. The normalized spacial score (nSPS) is 16.5. The largest absolute Gasteiger partial charge is 0.491 e. The maximum atomic E-state index is 12.3. The summed E-state index contributed by atoms with van der Waals surface area (Å²) in [5.41, 5.74) is 1.26. The second kappa shape index (κ2) is 10.0. The van der Waals surface area contributed by atoms with Crippen LogP contribution in [-0.2, 0) is 14.3 Å². The van der Waals surface area contributed by atoms with E-state index < -0.39 is 18.0 Å². The van der Waals surface area contributed by atoms with Crippen LogP contribution in [0.2, 0.25) is 0 Å². The van der Waals surface area contributed by atoms with Crippen LogP contribution in [0, 0.1) is 0 Å². The third kappa shape index (κ3) is 5.90. The quantitative estimate of drug-likeness (QED) is 0.527. The first-order chi connectivity index (χ1) is 14.4. The molecule has 2 aromatic carbocycles. The highest BCUT2D eigenvalue weighted by atomic mass is 16.5. The van der Waals surface area contributed by atoms with Crippen molar-refractivity contribution in [1.82, 2.24) is 0 Å². The van der Waals surface area contributed by atoms with Gasteiger partial charge in [-0.25, -0.2) is 4.79 Å². The predicted molar refractivity (Wildman–Crippen MR) is 111 cm³/mol. The molecule has 158 valence electrons. The van der Waals surface area contributed by atoms with Crippen molar-refractivity contribution in [2.24, 2.45) is 0 Å². The highest BCUT2D eigenvalue weighted by Gasteiger charge is 2.20. The molecule has 1 saturated heterocycles. The van der Waals surface area contributed by atoms with E-state index in [1.807, 2.05) is 0 Å². The van der Waals surface area contributed by atoms with E-state index in [0.717, 1.165) is 19.4 Å². The van der Waals surface area contributed by atoms with Crippen LogP contribution >= 0.6 is 0 Å². The van der Waals surface area contributed by atoms with Crippen LogP contribution in [0.3, 0.4) is 0 Å². The molecular weight excluding hydrogens is 386 g/mol. The van der Waals surface area contributed by atoms with Crippen molar-refractivity contribution in [3.8, 4) is 5.75 Å². The van der Waals surface area contributed by atoms with Crippen molar-refractivity contribution >= 4 is 23.3 Å². The minimum absolute atomic E-state index is 0.103. The summed E-state index contributed by atoms with van der Waals surface area (Å²) in [5, 5.41) is 2.65. The predicted octanol–water partition coefficient (Wildman–Crippen LogP) is 3.63. The molecule has 0 aliphatic carbocycles. The number of esters is 1. The van der Waals surface area contributed by atoms with Gasteiger partial charge in [0.1, 0.15) is 12.4 Å². The third-order valence-electron chi connectivity index (χ3n) is 4.74. The molecule has 2 atom stereocenters. The Morgan fingerprint density at radius 1 is 1.13 bits per heavy atom. The lowest BCUT2D eigenvalue weighted by Crippen LogP contribution is -2.30. The van der Waals surface area contributed by atoms with Crippen molar-refractivity contribution in [3.63, 3.8) is 0 Å². The fourth-order valence-electron chi connectivity index (χ4n) is 2.99. The summed E-state index contributed by atoms with van der Waals surface area (Å²) >= 11 is 0. The van der Waals surface area contributed by atoms with Gasteiger partial charge in [-0.2, -0.15) is 0 Å². The molecule has 0 spiro atoms. The average Bonchev–Trinajstić information content (AvgIpc) is 3.26. The standard InChI is InChI=1S/C23H25NO6/c1-15(25)18-5-3-6-19(13-18)24-22(26)16(2)30-23(27)17-8-10-20(11-9-17)29-14-21-7-4-12-28-21/h3,5-6,8-11,13,16,21H,4,7,12,14H2,1-2H3,(H,24,26). The first-order valence-electron chi connectivity index (χ1n) is 9.89. The van der Waals surface area contributed by atoms with E-state index in [-0.39, 0.29) is 11.9 Å². The van der Waals surface area contributed by atoms with E-state index in [1.54, 1.807) is 48.5 Å². The highest BCUT2D eigenvalue weighted by Crippen LogP contribution is 2.18. The van der Waals surface area contributed by atoms with Crippen molar-refractivity contribution in [1.29, 1.82) is 0 Å². The van der Waals surface area contributed by atoms with Gasteiger partial charge in [0, 0.05) is 17.9 Å². The van der Waals surface area contributed by atoms with Crippen molar-refractivity contribution in [2.75, 3.05) is 18.5 Å². The number of hydrogen-bond donors (Lipinski definition) is 1. The Morgan fingerprint density at radius 3 is 2.57 bits per heavy atom. The number of rotatable bonds is 8. The number of hydrogen-bond acceptors (Lipinski definition) is 6. The summed E-state index contributed by atoms with van der Waals surface area (Å²) in [6, 6.07) is 13.1. The van der Waals surface area contributed by atoms with Crippen LogP contribution in [0.1, 0.15) is 47.4 Å². The fraction of sp³-hybridized carbons (Fsp3) is 0.348. The van der Waals surface area contributed by atoms with E-state index in [9.17, 15) is 14.4 Å². The van der Waals surface area contributed by atoms with Gasteiger partial charge >= 0.3 is 5.97 Å². The summed E-state index contributed by atoms with van der Waals surface area (Å²) in [7, 11) is 0. The summed E-state index contributed by atoms with van der Waals surface area (Å²) in [6.45, 7) is 4.18. The molecule has 1 aliphatic heterocycles. The van der Waals surface area contributed by atoms with E-state index in [1.165, 1.54) is 13.8 Å². The van der Waals surface area contributed by atoms with Gasteiger partial charge in [-0.1, -0.05) is 12.1 Å². The first kappa shape index (κ1) is 21.5. The highest BCUT2D eigenvalue weighted by molar-refractivity contribution is 5.99. The first-order valence-corrected chi connectivity index (χ1v) is 9.89. The van der Waals surface area contributed by atoms with Crippen molar-refractivity contribution in [2.45, 2.75) is 38.9 Å². The van der Waals surface area contributed by atoms with Crippen LogP contribution in [-0.4, -0.2) is 43.1 Å². The number of amides is 1. The minimum Gasteiger partial charge on any atom is -0.491 e. The SMILES string of the molecule is CC(=O)c1cccc(NC(=O)C(C)OC(=O)c2ccc(OCC3CCCO3)cc2)c1. The van der Waals surface area contributed by atoms with Crippen LogP contribution in [0.25, 0.3) is 0 Å². The Labute approximate surface area is 175 Å². The zero-order valence-corrected chi connectivity index (χ0v) is 17.1. The van der Waals surface area contributed by atoms with Crippen LogP contribution in [0.4, 0.5) is 5.69 Å². The number of ketones is 1. The van der Waals surface area contributed by atoms with Gasteiger partial charge in [0.05, 0.1) is 11.7 Å². The molecule has 0 aromatic heterocycles. The summed E-state index contributed by atoms with van der Waals surface area (Å²) in [4.78, 5) is 36.1. The van der Waals surface area contributed by atoms with Gasteiger partial charge in [0.15, 0.2) is 11.9 Å². The van der Waals surface area contributed by atoms with Gasteiger partial charge in [-0.3, -0.25) is 9.59 Å². The molecule has 0 saturated carbocycles. The van der Waals surface area contributed by atoms with Crippen molar-refractivity contribution < 1.29 is 28.6 Å². The lowest BCUT2D eigenvalue weighted by molar-refractivity contribution is -0.123. The molecule has 1 N–H and O–H groups in total. The number of Topliss-reactive ketones (excluding diaryl/α,β-unsaturated/α-hetero) is 1. The van der Waals surface area contributed by atoms with E-state index in [2.05, 4.69) is 5.32 Å². The zero-order valence-electron chi connectivity index (χ0n) is 17.1. The number of carbonyl (C=O) groups is 3. The van der Waals surface area contributed by atoms with Gasteiger partial charge in [-0.05, 0) is 63.1 Å². The van der Waals surface area contributed by atoms with Crippen LogP contribution in [0.15, 0.2) is 48.5 Å². The Hall–Kier alpha value is -3.19. The Balaban J connectivity index is 1.51. The molecule has 1 amide bonds. The molecular formula is C23H25NO6. The molecule has 2 unspecified atom stereocenters. The molecule has 3 rings (SSSR count). The summed E-state index contributed by atoms with van der Waals surface area (Å²) in [5.74, 6) is -0.562. The maximum absolute atomic E-state index is 12.3. The molecule has 1 fully saturated rings. The number of benzene rings is 2. The van der Waals surface area contributed by atoms with Gasteiger partial charge < -0.3 is 19.5 Å². The number of ether oxygens (including phenoxy) is 3. The molecule has 0 bridgehead atoms. The van der Waals surface area contributed by atoms with Gasteiger partial charge in [0.25, 0.3) is 5.91 Å². The van der Waals surface area contributed by atoms with E-state index >= 15 is 0 Å². The average molecular weight is 411 g/mol. The molecule has 0 radical (unpaired) electrons. The zero-order chi connectivity index (χ0) is 21.5. The number of carbonyl (C=O) groups excluding carboxylic acids is 3. The summed E-state index contributed by atoms with van der Waals surface area (Å²) in [6.07, 6.45) is 1.15. The number of nitrogens with one attached hydrogen (secondary N) is 1. The second-order valence-corrected chi connectivity index (χ2v) is 7.14. The Kier molecular flexibility index (Phi) is 7.19. The van der Waals surface area contributed by atoms with Crippen molar-refractivity contribution in [3.05, 3.63) is 59.7 Å². The smallest absolute Gasteiger partial charge is 0.338 e. The second-order valence-electron chi connectivity index (χ2n) is 7.14. The number of anilines is 1. The third-order valence-corrected chi connectivity index (χ3v) is 4.74. The molecule has 2 aromatic rings. The molecule has 1 aliphatic rings.